The molecular weight excluding hydrogens is 362 g/mol. The fraction of sp³-hybridized carbons (Fsp3) is 0.350. The van der Waals surface area contributed by atoms with Crippen LogP contribution in [-0.2, 0) is 23.6 Å². The number of esters is 1. The molecule has 8 heteroatoms. The normalized spacial score (nSPS) is 16.0. The summed E-state index contributed by atoms with van der Waals surface area (Å²) in [7, 11) is 2.96. The second-order valence-electron chi connectivity index (χ2n) is 7.11. The molecule has 28 heavy (non-hydrogen) atoms. The van der Waals surface area contributed by atoms with Gasteiger partial charge in [-0.2, -0.15) is 0 Å². The zero-order valence-corrected chi connectivity index (χ0v) is 16.4. The quantitative estimate of drug-likeness (QED) is 0.778. The second kappa shape index (κ2) is 7.03. The lowest BCUT2D eigenvalue weighted by atomic mass is 9.82. The highest BCUT2D eigenvalue weighted by atomic mass is 16.5. The fourth-order valence-corrected chi connectivity index (χ4v) is 3.44. The van der Waals surface area contributed by atoms with Crippen LogP contribution in [0.2, 0.25) is 0 Å². The number of hydrogen-bond donors (Lipinski definition) is 2. The highest BCUT2D eigenvalue weighted by molar-refractivity contribution is 5.94. The van der Waals surface area contributed by atoms with E-state index in [-0.39, 0.29) is 17.4 Å². The Hall–Kier alpha value is -3.29. The third kappa shape index (κ3) is 3.11. The topological polar surface area (TPSA) is 103 Å². The van der Waals surface area contributed by atoms with Gasteiger partial charge in [0.05, 0.1) is 23.2 Å². The summed E-state index contributed by atoms with van der Waals surface area (Å²) < 4.78 is 7.77. The van der Waals surface area contributed by atoms with Crippen LogP contribution in [0.3, 0.4) is 0 Å². The first kappa shape index (κ1) is 19.5. The fourth-order valence-electron chi connectivity index (χ4n) is 3.44. The first-order chi connectivity index (χ1) is 13.1. The number of hydrogen-bond acceptors (Lipinski definition) is 6. The van der Waals surface area contributed by atoms with Crippen LogP contribution in [0.15, 0.2) is 45.1 Å². The Morgan fingerprint density at radius 3 is 2.32 bits per heavy atom. The van der Waals surface area contributed by atoms with E-state index in [2.05, 4.69) is 5.32 Å². The van der Waals surface area contributed by atoms with E-state index in [9.17, 15) is 19.5 Å². The van der Waals surface area contributed by atoms with Gasteiger partial charge in [-0.05, 0) is 38.5 Å². The minimum absolute atomic E-state index is 0.0679. The molecule has 0 saturated heterocycles. The predicted molar refractivity (Wildman–Crippen MR) is 104 cm³/mol. The Bertz CT molecular complexity index is 1090. The van der Waals surface area contributed by atoms with Crippen LogP contribution in [0.4, 0.5) is 5.82 Å². The molecule has 0 aliphatic carbocycles. The molecular formula is C20H23N3O5. The molecule has 0 fully saturated rings. The van der Waals surface area contributed by atoms with Crippen LogP contribution in [0.5, 0.6) is 5.75 Å². The lowest BCUT2D eigenvalue weighted by molar-refractivity contribution is -0.143. The van der Waals surface area contributed by atoms with Crippen LogP contribution in [0.1, 0.15) is 37.8 Å². The van der Waals surface area contributed by atoms with Crippen molar-refractivity contribution in [1.82, 2.24) is 9.13 Å². The first-order valence-electron chi connectivity index (χ1n) is 8.91. The van der Waals surface area contributed by atoms with Crippen molar-refractivity contribution in [3.63, 3.8) is 0 Å². The van der Waals surface area contributed by atoms with Gasteiger partial charge in [-0.15, -0.1) is 0 Å². The molecule has 0 saturated carbocycles. The van der Waals surface area contributed by atoms with Gasteiger partial charge in [0, 0.05) is 19.8 Å². The van der Waals surface area contributed by atoms with Crippen molar-refractivity contribution in [1.29, 1.82) is 0 Å². The first-order valence-corrected chi connectivity index (χ1v) is 8.91. The summed E-state index contributed by atoms with van der Waals surface area (Å²) >= 11 is 0. The third-order valence-electron chi connectivity index (χ3n) is 4.78. The SMILES string of the molecule is CC1=C(C(=O)OC(C)C)[C@@H](c2ccc(O)cc2)c2c(n(C)c(=O)n(C)c2=O)N1. The van der Waals surface area contributed by atoms with Gasteiger partial charge in [0.1, 0.15) is 11.6 Å². The summed E-state index contributed by atoms with van der Waals surface area (Å²) in [5.41, 5.74) is 0.734. The summed E-state index contributed by atoms with van der Waals surface area (Å²) in [6, 6.07) is 6.28. The van der Waals surface area contributed by atoms with E-state index in [1.54, 1.807) is 40.0 Å². The number of rotatable bonds is 3. The van der Waals surface area contributed by atoms with Crippen molar-refractivity contribution in [3.8, 4) is 5.75 Å². The number of nitrogens with zero attached hydrogens (tertiary/aromatic N) is 2. The minimum Gasteiger partial charge on any atom is -0.508 e. The van der Waals surface area contributed by atoms with Gasteiger partial charge in [0.25, 0.3) is 5.56 Å². The maximum Gasteiger partial charge on any atom is 0.337 e. The number of allylic oxidation sites excluding steroid dienone is 1. The molecule has 1 aromatic heterocycles. The number of phenolic OH excluding ortho intramolecular Hbond substituents is 1. The standard InChI is InChI=1S/C20H23N3O5/c1-10(2)28-19(26)14-11(3)21-17-16(18(25)23(5)20(27)22(17)4)15(14)12-6-8-13(24)9-7-12/h6-10,15,21,24H,1-5H3/t15-/m1/s1. The maximum atomic E-state index is 13.0. The van der Waals surface area contributed by atoms with Gasteiger partial charge >= 0.3 is 11.7 Å². The van der Waals surface area contributed by atoms with Gasteiger partial charge in [0.15, 0.2) is 0 Å². The van der Waals surface area contributed by atoms with Crippen LogP contribution in [-0.4, -0.2) is 26.3 Å². The third-order valence-corrected chi connectivity index (χ3v) is 4.78. The summed E-state index contributed by atoms with van der Waals surface area (Å²) in [5.74, 6) is -0.878. The lowest BCUT2D eigenvalue weighted by Crippen LogP contribution is -2.43. The number of anilines is 1. The Morgan fingerprint density at radius 2 is 1.75 bits per heavy atom. The monoisotopic (exact) mass is 385 g/mol. The summed E-state index contributed by atoms with van der Waals surface area (Å²) in [4.78, 5) is 38.3. The molecule has 8 nitrogen and oxygen atoms in total. The number of fused-ring (bicyclic) bond motifs is 1. The number of aromatic hydroxyl groups is 1. The number of phenols is 1. The van der Waals surface area contributed by atoms with E-state index in [0.717, 1.165) is 4.57 Å². The molecule has 2 aromatic rings. The molecule has 0 spiro atoms. The average molecular weight is 385 g/mol. The Balaban J connectivity index is 2.35. The molecule has 0 amide bonds. The molecule has 1 aromatic carbocycles. The van der Waals surface area contributed by atoms with E-state index in [1.165, 1.54) is 23.7 Å². The highest BCUT2D eigenvalue weighted by Gasteiger charge is 2.37. The maximum absolute atomic E-state index is 13.0. The van der Waals surface area contributed by atoms with Gasteiger partial charge in [-0.3, -0.25) is 13.9 Å². The van der Waals surface area contributed by atoms with Crippen LogP contribution < -0.4 is 16.6 Å². The molecule has 2 heterocycles. The van der Waals surface area contributed by atoms with Gasteiger partial charge in [-0.1, -0.05) is 12.1 Å². The van der Waals surface area contributed by atoms with E-state index in [4.69, 9.17) is 4.74 Å². The zero-order chi connectivity index (χ0) is 20.7. The average Bonchev–Trinajstić information content (AvgIpc) is 2.63. The predicted octanol–water partition coefficient (Wildman–Crippen LogP) is 1.57. The summed E-state index contributed by atoms with van der Waals surface area (Å²) in [6.07, 6.45) is -0.336. The van der Waals surface area contributed by atoms with E-state index < -0.39 is 23.1 Å². The highest BCUT2D eigenvalue weighted by Crippen LogP contribution is 2.40. The summed E-state index contributed by atoms with van der Waals surface area (Å²) in [5, 5.41) is 12.7. The second-order valence-corrected chi connectivity index (χ2v) is 7.11. The van der Waals surface area contributed by atoms with Crippen LogP contribution in [0, 0.1) is 0 Å². The smallest absolute Gasteiger partial charge is 0.337 e. The van der Waals surface area contributed by atoms with Crippen molar-refractivity contribution in [2.75, 3.05) is 5.32 Å². The number of carbonyl (C=O) groups is 1. The van der Waals surface area contributed by atoms with E-state index in [0.29, 0.717) is 22.7 Å². The van der Waals surface area contributed by atoms with Gasteiger partial charge in [-0.25, -0.2) is 9.59 Å². The van der Waals surface area contributed by atoms with Crippen molar-refractivity contribution >= 4 is 11.8 Å². The van der Waals surface area contributed by atoms with Crippen LogP contribution in [0.25, 0.3) is 0 Å². The lowest BCUT2D eigenvalue weighted by Gasteiger charge is -2.31. The molecule has 0 unspecified atom stereocenters. The van der Waals surface area contributed by atoms with E-state index in [1.807, 2.05) is 0 Å². The molecule has 2 N–H and O–H groups in total. The van der Waals surface area contributed by atoms with Gasteiger partial charge < -0.3 is 15.2 Å². The number of nitrogens with one attached hydrogen (secondary N) is 1. The summed E-state index contributed by atoms with van der Waals surface area (Å²) in [6.45, 7) is 5.20. The number of carbonyl (C=O) groups excluding carboxylic acids is 1. The molecule has 0 radical (unpaired) electrons. The molecule has 1 aliphatic heterocycles. The van der Waals surface area contributed by atoms with Crippen molar-refractivity contribution < 1.29 is 14.6 Å². The van der Waals surface area contributed by atoms with Crippen molar-refractivity contribution in [2.24, 2.45) is 14.1 Å². The Labute approximate surface area is 161 Å². The molecule has 1 aliphatic rings. The van der Waals surface area contributed by atoms with Crippen molar-refractivity contribution in [2.45, 2.75) is 32.8 Å². The zero-order valence-electron chi connectivity index (χ0n) is 16.4. The Morgan fingerprint density at radius 1 is 1.14 bits per heavy atom. The number of benzene rings is 1. The van der Waals surface area contributed by atoms with Crippen LogP contribution >= 0.6 is 0 Å². The molecule has 148 valence electrons. The Kier molecular flexibility index (Phi) is 4.89. The largest absolute Gasteiger partial charge is 0.508 e. The molecule has 0 bridgehead atoms. The number of aromatic nitrogens is 2. The van der Waals surface area contributed by atoms with Crippen molar-refractivity contribution in [3.05, 3.63) is 67.5 Å². The van der Waals surface area contributed by atoms with E-state index >= 15 is 0 Å². The molecule has 1 atom stereocenters. The molecule has 3 rings (SSSR count). The number of ether oxygens (including phenoxy) is 1. The van der Waals surface area contributed by atoms with Gasteiger partial charge in [0.2, 0.25) is 0 Å². The minimum atomic E-state index is -0.742.